The fraction of sp³-hybridized carbons (Fsp3) is 0.316. The predicted molar refractivity (Wildman–Crippen MR) is 99.3 cm³/mol. The van der Waals surface area contributed by atoms with Crippen molar-refractivity contribution in [3.05, 3.63) is 59.2 Å². The van der Waals surface area contributed by atoms with E-state index < -0.39 is 0 Å². The maximum Gasteiger partial charge on any atom is 0.263 e. The van der Waals surface area contributed by atoms with Crippen molar-refractivity contribution in [3.8, 4) is 11.5 Å². The van der Waals surface area contributed by atoms with Gasteiger partial charge in [0.1, 0.15) is 6.61 Å². The standard InChI is InChI=1S/C19H23N5O2/c1-4-24-22-19(21-23-24)20-12-15-8-9-17(18(11-15)25-3)26-13-16-7-5-6-14(2)10-16/h5-11H,4,12-13H2,1-3H3,(H,20,22). The van der Waals surface area contributed by atoms with Gasteiger partial charge in [0.25, 0.3) is 5.95 Å². The zero-order valence-electron chi connectivity index (χ0n) is 15.3. The molecule has 0 aliphatic carbocycles. The van der Waals surface area contributed by atoms with Crippen molar-refractivity contribution >= 4 is 5.95 Å². The van der Waals surface area contributed by atoms with Crippen LogP contribution in [0.4, 0.5) is 5.95 Å². The number of benzene rings is 2. The number of nitrogens with one attached hydrogen (secondary N) is 1. The van der Waals surface area contributed by atoms with Gasteiger partial charge in [0.05, 0.1) is 13.7 Å². The number of hydrogen-bond donors (Lipinski definition) is 1. The second-order valence-corrected chi connectivity index (χ2v) is 5.92. The molecule has 7 heteroatoms. The van der Waals surface area contributed by atoms with E-state index in [1.807, 2.05) is 37.3 Å². The van der Waals surface area contributed by atoms with E-state index in [-0.39, 0.29) is 0 Å². The maximum atomic E-state index is 5.92. The molecular weight excluding hydrogens is 330 g/mol. The summed E-state index contributed by atoms with van der Waals surface area (Å²) in [5.41, 5.74) is 3.38. The molecule has 0 amide bonds. The Morgan fingerprint density at radius 3 is 2.69 bits per heavy atom. The van der Waals surface area contributed by atoms with Crippen molar-refractivity contribution in [3.63, 3.8) is 0 Å². The monoisotopic (exact) mass is 353 g/mol. The van der Waals surface area contributed by atoms with Gasteiger partial charge in [0, 0.05) is 6.54 Å². The van der Waals surface area contributed by atoms with Gasteiger partial charge in [-0.1, -0.05) is 41.0 Å². The lowest BCUT2D eigenvalue weighted by Gasteiger charge is -2.12. The zero-order chi connectivity index (χ0) is 18.4. The molecule has 0 unspecified atom stereocenters. The topological polar surface area (TPSA) is 74.1 Å². The van der Waals surface area contributed by atoms with Gasteiger partial charge in [-0.05, 0) is 42.3 Å². The Balaban J connectivity index is 1.63. The van der Waals surface area contributed by atoms with E-state index in [4.69, 9.17) is 9.47 Å². The second-order valence-electron chi connectivity index (χ2n) is 5.92. The summed E-state index contributed by atoms with van der Waals surface area (Å²) in [4.78, 5) is 1.53. The quantitative estimate of drug-likeness (QED) is 0.670. The number of tetrazole rings is 1. The van der Waals surface area contributed by atoms with Gasteiger partial charge in [-0.25, -0.2) is 0 Å². The molecule has 0 bridgehead atoms. The molecule has 0 aliphatic heterocycles. The smallest absolute Gasteiger partial charge is 0.263 e. The summed E-state index contributed by atoms with van der Waals surface area (Å²) in [6.45, 7) is 5.80. The number of nitrogens with zero attached hydrogens (tertiary/aromatic N) is 4. The summed E-state index contributed by atoms with van der Waals surface area (Å²) in [7, 11) is 1.64. The number of rotatable bonds is 8. The first-order chi connectivity index (χ1) is 12.7. The fourth-order valence-corrected chi connectivity index (χ4v) is 2.53. The molecule has 7 nitrogen and oxygen atoms in total. The Morgan fingerprint density at radius 1 is 1.08 bits per heavy atom. The highest BCUT2D eigenvalue weighted by atomic mass is 16.5. The van der Waals surface area contributed by atoms with Crippen molar-refractivity contribution < 1.29 is 9.47 Å². The highest BCUT2D eigenvalue weighted by Gasteiger charge is 2.08. The summed E-state index contributed by atoms with van der Waals surface area (Å²) in [6.07, 6.45) is 0. The highest BCUT2D eigenvalue weighted by molar-refractivity contribution is 5.44. The Labute approximate surface area is 152 Å². The third kappa shape index (κ3) is 4.50. The number of anilines is 1. The van der Waals surface area contributed by atoms with Crippen molar-refractivity contribution in [1.29, 1.82) is 0 Å². The van der Waals surface area contributed by atoms with E-state index in [1.165, 1.54) is 10.4 Å². The molecule has 0 fully saturated rings. The predicted octanol–water partition coefficient (Wildman–Crippen LogP) is 3.20. The number of aromatic nitrogens is 4. The number of methoxy groups -OCH3 is 1. The van der Waals surface area contributed by atoms with E-state index in [9.17, 15) is 0 Å². The average molecular weight is 353 g/mol. The Morgan fingerprint density at radius 2 is 1.96 bits per heavy atom. The fourth-order valence-electron chi connectivity index (χ4n) is 2.53. The van der Waals surface area contributed by atoms with Crippen molar-refractivity contribution in [2.75, 3.05) is 12.4 Å². The summed E-state index contributed by atoms with van der Waals surface area (Å²) in [5.74, 6) is 1.92. The van der Waals surface area contributed by atoms with Crippen LogP contribution in [0.25, 0.3) is 0 Å². The SMILES string of the molecule is CCn1nnc(NCc2ccc(OCc3cccc(C)c3)c(OC)c2)n1. The molecular formula is C19H23N5O2. The van der Waals surface area contributed by atoms with Gasteiger partial charge in [-0.15, -0.1) is 5.10 Å². The van der Waals surface area contributed by atoms with Gasteiger partial charge < -0.3 is 14.8 Å². The van der Waals surface area contributed by atoms with Crippen LogP contribution in [0.15, 0.2) is 42.5 Å². The Bertz CT molecular complexity index is 863. The summed E-state index contributed by atoms with van der Waals surface area (Å²) >= 11 is 0. The van der Waals surface area contributed by atoms with E-state index in [0.717, 1.165) is 11.1 Å². The van der Waals surface area contributed by atoms with E-state index in [2.05, 4.69) is 39.8 Å². The van der Waals surface area contributed by atoms with Crippen molar-refractivity contribution in [1.82, 2.24) is 20.2 Å². The van der Waals surface area contributed by atoms with Gasteiger partial charge >= 0.3 is 0 Å². The number of ether oxygens (including phenoxy) is 2. The van der Waals surface area contributed by atoms with E-state index >= 15 is 0 Å². The first-order valence-corrected chi connectivity index (χ1v) is 8.55. The van der Waals surface area contributed by atoms with Crippen LogP contribution in [-0.2, 0) is 19.7 Å². The first-order valence-electron chi connectivity index (χ1n) is 8.55. The van der Waals surface area contributed by atoms with Gasteiger partial charge in [-0.3, -0.25) is 0 Å². The van der Waals surface area contributed by atoms with Gasteiger partial charge in [0.15, 0.2) is 11.5 Å². The molecule has 1 heterocycles. The van der Waals surface area contributed by atoms with Crippen LogP contribution in [0, 0.1) is 6.92 Å². The minimum absolute atomic E-state index is 0.500. The Hall–Kier alpha value is -3.09. The molecule has 0 aliphatic rings. The van der Waals surface area contributed by atoms with Crippen LogP contribution in [0.2, 0.25) is 0 Å². The van der Waals surface area contributed by atoms with Crippen LogP contribution >= 0.6 is 0 Å². The average Bonchev–Trinajstić information content (AvgIpc) is 3.13. The molecule has 3 rings (SSSR count). The molecule has 2 aromatic carbocycles. The molecule has 0 saturated carbocycles. The molecule has 0 radical (unpaired) electrons. The summed E-state index contributed by atoms with van der Waals surface area (Å²) in [6, 6.07) is 14.1. The third-order valence-electron chi connectivity index (χ3n) is 3.89. The third-order valence-corrected chi connectivity index (χ3v) is 3.89. The summed E-state index contributed by atoms with van der Waals surface area (Å²) < 4.78 is 11.4. The molecule has 3 aromatic rings. The highest BCUT2D eigenvalue weighted by Crippen LogP contribution is 2.29. The van der Waals surface area contributed by atoms with Crippen LogP contribution in [0.5, 0.6) is 11.5 Å². The van der Waals surface area contributed by atoms with Crippen molar-refractivity contribution in [2.24, 2.45) is 0 Å². The zero-order valence-corrected chi connectivity index (χ0v) is 15.3. The van der Waals surface area contributed by atoms with E-state index in [1.54, 1.807) is 7.11 Å². The Kier molecular flexibility index (Phi) is 5.68. The molecule has 136 valence electrons. The van der Waals surface area contributed by atoms with E-state index in [0.29, 0.717) is 37.1 Å². The lowest BCUT2D eigenvalue weighted by Crippen LogP contribution is -2.04. The normalized spacial score (nSPS) is 10.6. The maximum absolute atomic E-state index is 5.92. The largest absolute Gasteiger partial charge is 0.493 e. The first kappa shape index (κ1) is 17.7. The van der Waals surface area contributed by atoms with Crippen LogP contribution < -0.4 is 14.8 Å². The second kappa shape index (κ2) is 8.33. The lowest BCUT2D eigenvalue weighted by molar-refractivity contribution is 0.284. The number of hydrogen-bond acceptors (Lipinski definition) is 6. The minimum atomic E-state index is 0.500. The van der Waals surface area contributed by atoms with Gasteiger partial charge in [0.2, 0.25) is 0 Å². The summed E-state index contributed by atoms with van der Waals surface area (Å²) in [5, 5.41) is 15.2. The minimum Gasteiger partial charge on any atom is -0.493 e. The molecule has 1 aromatic heterocycles. The lowest BCUT2D eigenvalue weighted by atomic mass is 10.1. The molecule has 0 atom stereocenters. The van der Waals surface area contributed by atoms with Crippen LogP contribution in [-0.4, -0.2) is 27.3 Å². The molecule has 26 heavy (non-hydrogen) atoms. The molecule has 0 saturated heterocycles. The van der Waals surface area contributed by atoms with Crippen LogP contribution in [0.3, 0.4) is 0 Å². The molecule has 0 spiro atoms. The molecule has 1 N–H and O–H groups in total. The van der Waals surface area contributed by atoms with Gasteiger partial charge in [-0.2, -0.15) is 4.80 Å². The van der Waals surface area contributed by atoms with Crippen LogP contribution in [0.1, 0.15) is 23.6 Å². The number of aryl methyl sites for hydroxylation is 2. The van der Waals surface area contributed by atoms with Crippen molar-refractivity contribution in [2.45, 2.75) is 33.5 Å².